The molecule has 1 aromatic carbocycles. The molecule has 1 N–H and O–H groups in total. The van der Waals surface area contributed by atoms with Crippen LogP contribution in [-0.4, -0.2) is 47.9 Å². The van der Waals surface area contributed by atoms with Gasteiger partial charge in [-0.05, 0) is 23.1 Å². The molecule has 0 radical (unpaired) electrons. The number of carbonyl (C=O) groups excluding carboxylic acids is 2. The zero-order valence-corrected chi connectivity index (χ0v) is 15.1. The van der Waals surface area contributed by atoms with E-state index in [0.29, 0.717) is 36.7 Å². The molecule has 0 bridgehead atoms. The molecule has 0 unspecified atom stereocenters. The van der Waals surface area contributed by atoms with Gasteiger partial charge in [-0.1, -0.05) is 18.2 Å². The molecule has 27 heavy (non-hydrogen) atoms. The molecule has 8 nitrogen and oxygen atoms in total. The average molecular weight is 387 g/mol. The van der Waals surface area contributed by atoms with Gasteiger partial charge in [-0.15, -0.1) is 11.3 Å². The molecule has 1 aromatic heterocycles. The number of hydrogen-bond donors (Lipinski definition) is 1. The monoisotopic (exact) mass is 387 g/mol. The van der Waals surface area contributed by atoms with Crippen molar-refractivity contribution in [3.05, 3.63) is 68.0 Å². The van der Waals surface area contributed by atoms with Crippen LogP contribution in [-0.2, 0) is 9.53 Å². The lowest BCUT2D eigenvalue weighted by atomic mass is 10.1. The Bertz CT molecular complexity index is 873. The number of nitrogens with one attached hydrogen (secondary N) is 1. The van der Waals surface area contributed by atoms with Crippen molar-refractivity contribution in [3.63, 3.8) is 0 Å². The quantitative estimate of drug-likeness (QED) is 0.482. The van der Waals surface area contributed by atoms with Crippen LogP contribution in [0.1, 0.15) is 15.2 Å². The molecule has 1 fully saturated rings. The molecular formula is C18H17N3O5S. The van der Waals surface area contributed by atoms with Gasteiger partial charge in [0.15, 0.2) is 0 Å². The van der Waals surface area contributed by atoms with Crippen LogP contribution in [0.15, 0.2) is 47.5 Å². The van der Waals surface area contributed by atoms with E-state index in [2.05, 4.69) is 5.32 Å². The smallest absolute Gasteiger partial charge is 0.270 e. The Kier molecular flexibility index (Phi) is 5.94. The average Bonchev–Trinajstić information content (AvgIpc) is 3.23. The summed E-state index contributed by atoms with van der Waals surface area (Å²) in [7, 11) is 0. The Balaban J connectivity index is 1.90. The van der Waals surface area contributed by atoms with E-state index in [-0.39, 0.29) is 17.3 Å². The van der Waals surface area contributed by atoms with E-state index in [0.717, 1.165) is 0 Å². The van der Waals surface area contributed by atoms with Crippen molar-refractivity contribution in [1.82, 2.24) is 10.2 Å². The number of ether oxygens (including phenoxy) is 1. The zero-order valence-electron chi connectivity index (χ0n) is 14.3. The van der Waals surface area contributed by atoms with Crippen LogP contribution in [0.5, 0.6) is 0 Å². The van der Waals surface area contributed by atoms with E-state index < -0.39 is 10.8 Å². The van der Waals surface area contributed by atoms with Crippen molar-refractivity contribution in [2.75, 3.05) is 26.3 Å². The van der Waals surface area contributed by atoms with Crippen molar-refractivity contribution < 1.29 is 19.2 Å². The van der Waals surface area contributed by atoms with E-state index in [1.807, 2.05) is 0 Å². The maximum Gasteiger partial charge on any atom is 0.270 e. The molecule has 0 spiro atoms. The number of benzene rings is 1. The lowest BCUT2D eigenvalue weighted by molar-refractivity contribution is -0.384. The number of hydrogen-bond acceptors (Lipinski definition) is 6. The Morgan fingerprint density at radius 1 is 1.22 bits per heavy atom. The Morgan fingerprint density at radius 3 is 2.67 bits per heavy atom. The topological polar surface area (TPSA) is 102 Å². The lowest BCUT2D eigenvalue weighted by Gasteiger charge is -2.27. The highest BCUT2D eigenvalue weighted by Crippen LogP contribution is 2.17. The highest BCUT2D eigenvalue weighted by molar-refractivity contribution is 7.12. The van der Waals surface area contributed by atoms with Gasteiger partial charge in [-0.3, -0.25) is 19.7 Å². The molecule has 9 heteroatoms. The molecule has 1 aliphatic rings. The van der Waals surface area contributed by atoms with Gasteiger partial charge >= 0.3 is 0 Å². The summed E-state index contributed by atoms with van der Waals surface area (Å²) in [5.74, 6) is -0.752. The maximum absolute atomic E-state index is 12.9. The first-order valence-electron chi connectivity index (χ1n) is 8.22. The normalized spacial score (nSPS) is 14.7. The summed E-state index contributed by atoms with van der Waals surface area (Å²) in [6.45, 7) is 1.68. The van der Waals surface area contributed by atoms with E-state index >= 15 is 0 Å². The van der Waals surface area contributed by atoms with Crippen molar-refractivity contribution >= 4 is 34.9 Å². The molecule has 0 atom stereocenters. The van der Waals surface area contributed by atoms with Gasteiger partial charge in [-0.25, -0.2) is 0 Å². The summed E-state index contributed by atoms with van der Waals surface area (Å²) in [6, 6.07) is 9.28. The Hall–Kier alpha value is -3.04. The maximum atomic E-state index is 12.9. The largest absolute Gasteiger partial charge is 0.378 e. The third-order valence-electron chi connectivity index (χ3n) is 3.91. The van der Waals surface area contributed by atoms with Crippen LogP contribution in [0.25, 0.3) is 6.08 Å². The molecule has 3 rings (SSSR count). The molecular weight excluding hydrogens is 370 g/mol. The van der Waals surface area contributed by atoms with Gasteiger partial charge in [0.2, 0.25) is 0 Å². The molecule has 2 amide bonds. The van der Waals surface area contributed by atoms with E-state index in [9.17, 15) is 19.7 Å². The number of rotatable bonds is 5. The highest BCUT2D eigenvalue weighted by Gasteiger charge is 2.23. The fourth-order valence-electron chi connectivity index (χ4n) is 2.57. The van der Waals surface area contributed by atoms with Gasteiger partial charge in [0.05, 0.1) is 23.0 Å². The minimum atomic E-state index is -0.509. The first kappa shape index (κ1) is 18.7. The number of morpholine rings is 1. The van der Waals surface area contributed by atoms with Crippen LogP contribution in [0, 0.1) is 10.1 Å². The van der Waals surface area contributed by atoms with Crippen LogP contribution in [0.4, 0.5) is 5.69 Å². The number of nitro groups is 1. The second kappa shape index (κ2) is 8.56. The summed E-state index contributed by atoms with van der Waals surface area (Å²) < 4.78 is 5.26. The fraction of sp³-hybridized carbons (Fsp3) is 0.222. The number of non-ortho nitro benzene ring substituents is 1. The number of nitrogens with zero attached hydrogens (tertiary/aromatic N) is 2. The fourth-order valence-corrected chi connectivity index (χ4v) is 3.19. The molecule has 2 aromatic rings. The van der Waals surface area contributed by atoms with Crippen molar-refractivity contribution in [2.45, 2.75) is 0 Å². The SMILES string of the molecule is O=C(N/C(=C\c1cccc([N+](=O)[O-])c1)C(=O)N1CCOCC1)c1cccs1. The van der Waals surface area contributed by atoms with E-state index in [4.69, 9.17) is 4.74 Å². The van der Waals surface area contributed by atoms with E-state index in [1.54, 1.807) is 28.5 Å². The molecule has 1 aliphatic heterocycles. The van der Waals surface area contributed by atoms with Crippen LogP contribution >= 0.6 is 11.3 Å². The minimum absolute atomic E-state index is 0.0656. The summed E-state index contributed by atoms with van der Waals surface area (Å²) in [4.78, 5) is 37.8. The predicted octanol–water partition coefficient (Wildman–Crippen LogP) is 2.29. The first-order chi connectivity index (χ1) is 13.0. The van der Waals surface area contributed by atoms with Gasteiger partial charge in [-0.2, -0.15) is 0 Å². The number of nitro benzene ring substituents is 1. The van der Waals surface area contributed by atoms with Gasteiger partial charge < -0.3 is 15.0 Å². The van der Waals surface area contributed by atoms with Crippen LogP contribution in [0.2, 0.25) is 0 Å². The minimum Gasteiger partial charge on any atom is -0.378 e. The predicted molar refractivity (Wildman–Crippen MR) is 100 cm³/mol. The van der Waals surface area contributed by atoms with E-state index in [1.165, 1.54) is 35.6 Å². The standard InChI is InChI=1S/C18H17N3O5S/c22-17(16-5-2-10-27-16)19-15(18(23)20-6-8-26-9-7-20)12-13-3-1-4-14(11-13)21(24)25/h1-5,10-12H,6-9H2,(H,19,22)/b15-12-. The first-order valence-corrected chi connectivity index (χ1v) is 9.10. The van der Waals surface area contributed by atoms with Crippen molar-refractivity contribution in [2.24, 2.45) is 0 Å². The Labute approximate surface area is 159 Å². The molecule has 0 aliphatic carbocycles. The summed E-state index contributed by atoms with van der Waals surface area (Å²) in [6.07, 6.45) is 1.45. The number of carbonyl (C=O) groups is 2. The molecule has 140 valence electrons. The van der Waals surface area contributed by atoms with Gasteiger partial charge in [0.1, 0.15) is 5.70 Å². The highest BCUT2D eigenvalue weighted by atomic mass is 32.1. The third kappa shape index (κ3) is 4.78. The molecule has 1 saturated heterocycles. The third-order valence-corrected chi connectivity index (χ3v) is 4.78. The number of amides is 2. The Morgan fingerprint density at radius 2 is 2.00 bits per heavy atom. The second-order valence-corrected chi connectivity index (χ2v) is 6.69. The summed E-state index contributed by atoms with van der Waals surface area (Å²) in [5, 5.41) is 15.4. The number of thiophene rings is 1. The van der Waals surface area contributed by atoms with Crippen LogP contribution < -0.4 is 5.32 Å². The molecule has 2 heterocycles. The van der Waals surface area contributed by atoms with Crippen LogP contribution in [0.3, 0.4) is 0 Å². The lowest BCUT2D eigenvalue weighted by Crippen LogP contribution is -2.44. The molecule has 0 saturated carbocycles. The second-order valence-electron chi connectivity index (χ2n) is 5.75. The summed E-state index contributed by atoms with van der Waals surface area (Å²) in [5.41, 5.74) is 0.426. The van der Waals surface area contributed by atoms with Crippen molar-refractivity contribution in [1.29, 1.82) is 0 Å². The zero-order chi connectivity index (χ0) is 19.2. The van der Waals surface area contributed by atoms with Crippen molar-refractivity contribution in [3.8, 4) is 0 Å². The van der Waals surface area contributed by atoms with Gasteiger partial charge in [0.25, 0.3) is 17.5 Å². The summed E-state index contributed by atoms with van der Waals surface area (Å²) >= 11 is 1.26. The van der Waals surface area contributed by atoms with Gasteiger partial charge in [0, 0.05) is 25.2 Å².